The van der Waals surface area contributed by atoms with Crippen LogP contribution in [-0.4, -0.2) is 23.1 Å². The molecule has 0 aliphatic rings. The van der Waals surface area contributed by atoms with Gasteiger partial charge in [0, 0.05) is 16.7 Å². The van der Waals surface area contributed by atoms with E-state index in [1.807, 2.05) is 25.2 Å². The van der Waals surface area contributed by atoms with Crippen molar-refractivity contribution in [1.29, 1.82) is 0 Å². The summed E-state index contributed by atoms with van der Waals surface area (Å²) in [5.74, 6) is 1.20. The summed E-state index contributed by atoms with van der Waals surface area (Å²) < 4.78 is 12.5. The van der Waals surface area contributed by atoms with Crippen molar-refractivity contribution in [3.63, 3.8) is 0 Å². The smallest absolute Gasteiger partial charge is 0.0545 e. The van der Waals surface area contributed by atoms with Gasteiger partial charge in [0.2, 0.25) is 0 Å². The lowest BCUT2D eigenvalue weighted by atomic mass is 10.0. The fourth-order valence-corrected chi connectivity index (χ4v) is 3.88. The van der Waals surface area contributed by atoms with E-state index in [9.17, 15) is 4.21 Å². The van der Waals surface area contributed by atoms with E-state index in [1.165, 1.54) is 5.39 Å². The summed E-state index contributed by atoms with van der Waals surface area (Å²) >= 11 is 0. The molecule has 2 nitrogen and oxygen atoms in total. The van der Waals surface area contributed by atoms with Crippen LogP contribution < -0.4 is 5.32 Å². The minimum Gasteiger partial charge on any atom is -0.316 e. The summed E-state index contributed by atoms with van der Waals surface area (Å²) in [4.78, 5) is 0.923. The molecule has 1 N–H and O–H groups in total. The van der Waals surface area contributed by atoms with Crippen LogP contribution in [0.25, 0.3) is 10.8 Å². The predicted octanol–water partition coefficient (Wildman–Crippen LogP) is 3.58. The molecule has 3 unspecified atom stereocenters. The Hall–Kier alpha value is -1.19. The molecule has 2 aromatic carbocycles. The molecule has 0 saturated carbocycles. The molecule has 0 saturated heterocycles. The van der Waals surface area contributed by atoms with Gasteiger partial charge in [0.15, 0.2) is 0 Å². The fraction of sp³-hybridized carbons (Fsp3) is 0.412. The number of rotatable bonds is 6. The minimum atomic E-state index is -0.954. The van der Waals surface area contributed by atoms with Gasteiger partial charge in [-0.1, -0.05) is 50.6 Å². The van der Waals surface area contributed by atoms with E-state index < -0.39 is 10.8 Å². The molecule has 3 atom stereocenters. The molecule has 0 heterocycles. The lowest BCUT2D eigenvalue weighted by Gasteiger charge is -2.22. The molecule has 0 aliphatic heterocycles. The van der Waals surface area contributed by atoms with E-state index in [0.717, 1.165) is 16.7 Å². The second-order valence-electron chi connectivity index (χ2n) is 5.30. The van der Waals surface area contributed by atoms with Crippen LogP contribution in [0, 0.1) is 5.92 Å². The first-order valence-corrected chi connectivity index (χ1v) is 8.52. The van der Waals surface area contributed by atoms with E-state index in [1.54, 1.807) is 0 Å². The number of fused-ring (bicyclic) bond motifs is 1. The summed E-state index contributed by atoms with van der Waals surface area (Å²) in [6.45, 7) is 4.38. The topological polar surface area (TPSA) is 29.1 Å². The molecule has 0 radical (unpaired) electrons. The first-order valence-electron chi connectivity index (χ1n) is 7.20. The quantitative estimate of drug-likeness (QED) is 0.880. The monoisotopic (exact) mass is 289 g/mol. The average Bonchev–Trinajstić information content (AvgIpc) is 2.51. The van der Waals surface area contributed by atoms with Crippen molar-refractivity contribution >= 4 is 21.6 Å². The first kappa shape index (κ1) is 15.2. The van der Waals surface area contributed by atoms with Gasteiger partial charge >= 0.3 is 0 Å². The van der Waals surface area contributed by atoms with Gasteiger partial charge in [0.25, 0.3) is 0 Å². The standard InChI is InChI=1S/C17H23NOS/c1-4-13(2)17(18-3)12-20(19)16-10-9-14-7-5-6-8-15(14)11-16/h5-11,13,17-18H,4,12H2,1-3H3. The van der Waals surface area contributed by atoms with E-state index in [2.05, 4.69) is 43.4 Å². The molecule has 0 aromatic heterocycles. The highest BCUT2D eigenvalue weighted by atomic mass is 32.2. The Balaban J connectivity index is 2.18. The van der Waals surface area contributed by atoms with Gasteiger partial charge in [-0.2, -0.15) is 0 Å². The van der Waals surface area contributed by atoms with Gasteiger partial charge in [0.05, 0.1) is 10.8 Å². The summed E-state index contributed by atoms with van der Waals surface area (Å²) in [7, 11) is 0.999. The van der Waals surface area contributed by atoms with Gasteiger partial charge in [-0.15, -0.1) is 0 Å². The molecule has 0 spiro atoms. The molecule has 0 amide bonds. The molecule has 3 heteroatoms. The van der Waals surface area contributed by atoms with E-state index in [-0.39, 0.29) is 0 Å². The summed E-state index contributed by atoms with van der Waals surface area (Å²) in [6, 6.07) is 14.6. The first-order chi connectivity index (χ1) is 9.65. The van der Waals surface area contributed by atoms with Gasteiger partial charge < -0.3 is 5.32 Å². The average molecular weight is 289 g/mol. The Morgan fingerprint density at radius 3 is 2.50 bits per heavy atom. The Morgan fingerprint density at radius 2 is 1.85 bits per heavy atom. The highest BCUT2D eigenvalue weighted by Crippen LogP contribution is 2.19. The van der Waals surface area contributed by atoms with Crippen LogP contribution >= 0.6 is 0 Å². The second kappa shape index (κ2) is 7.00. The summed E-state index contributed by atoms with van der Waals surface area (Å²) in [5.41, 5.74) is 0. The highest BCUT2D eigenvalue weighted by molar-refractivity contribution is 7.85. The highest BCUT2D eigenvalue weighted by Gasteiger charge is 2.17. The number of hydrogen-bond acceptors (Lipinski definition) is 2. The van der Waals surface area contributed by atoms with Crippen LogP contribution in [-0.2, 0) is 10.8 Å². The molecule has 0 aliphatic carbocycles. The molecule has 20 heavy (non-hydrogen) atoms. The van der Waals surface area contributed by atoms with Crippen molar-refractivity contribution in [2.45, 2.75) is 31.2 Å². The van der Waals surface area contributed by atoms with Gasteiger partial charge in [0.1, 0.15) is 0 Å². The van der Waals surface area contributed by atoms with Gasteiger partial charge in [-0.25, -0.2) is 0 Å². The zero-order valence-corrected chi connectivity index (χ0v) is 13.2. The number of nitrogens with one attached hydrogen (secondary N) is 1. The van der Waals surface area contributed by atoms with E-state index in [0.29, 0.717) is 17.7 Å². The zero-order chi connectivity index (χ0) is 14.5. The third kappa shape index (κ3) is 3.47. The molecule has 2 rings (SSSR count). The van der Waals surface area contributed by atoms with Crippen molar-refractivity contribution in [2.75, 3.05) is 12.8 Å². The summed E-state index contributed by atoms with van der Waals surface area (Å²) in [5, 5.41) is 5.65. The van der Waals surface area contributed by atoms with Crippen molar-refractivity contribution < 1.29 is 4.21 Å². The maximum Gasteiger partial charge on any atom is 0.0545 e. The maximum atomic E-state index is 12.5. The maximum absolute atomic E-state index is 12.5. The van der Waals surface area contributed by atoms with Crippen LogP contribution in [0.4, 0.5) is 0 Å². The van der Waals surface area contributed by atoms with Crippen LogP contribution in [0.15, 0.2) is 47.4 Å². The second-order valence-corrected chi connectivity index (χ2v) is 6.80. The van der Waals surface area contributed by atoms with Crippen molar-refractivity contribution in [1.82, 2.24) is 5.32 Å². The van der Waals surface area contributed by atoms with E-state index >= 15 is 0 Å². The van der Waals surface area contributed by atoms with Gasteiger partial charge in [-0.3, -0.25) is 4.21 Å². The lowest BCUT2D eigenvalue weighted by molar-refractivity contribution is 0.418. The largest absolute Gasteiger partial charge is 0.316 e. The Morgan fingerprint density at radius 1 is 1.15 bits per heavy atom. The van der Waals surface area contributed by atoms with Crippen molar-refractivity contribution in [3.8, 4) is 0 Å². The summed E-state index contributed by atoms with van der Waals surface area (Å²) in [6.07, 6.45) is 1.10. The fourth-order valence-electron chi connectivity index (χ4n) is 2.38. The number of hydrogen-bond donors (Lipinski definition) is 1. The van der Waals surface area contributed by atoms with Crippen LogP contribution in [0.2, 0.25) is 0 Å². The SMILES string of the molecule is CCC(C)C(CS(=O)c1ccc2ccccc2c1)NC. The Labute approximate surface area is 124 Å². The predicted molar refractivity (Wildman–Crippen MR) is 87.5 cm³/mol. The van der Waals surface area contributed by atoms with Crippen molar-refractivity contribution in [3.05, 3.63) is 42.5 Å². The van der Waals surface area contributed by atoms with Crippen LogP contribution in [0.3, 0.4) is 0 Å². The van der Waals surface area contributed by atoms with Gasteiger partial charge in [-0.05, 0) is 35.9 Å². The lowest BCUT2D eigenvalue weighted by Crippen LogP contribution is -2.36. The number of benzene rings is 2. The molecular weight excluding hydrogens is 266 g/mol. The molecule has 2 aromatic rings. The minimum absolute atomic E-state index is 0.298. The van der Waals surface area contributed by atoms with E-state index in [4.69, 9.17) is 0 Å². The van der Waals surface area contributed by atoms with Crippen LogP contribution in [0.1, 0.15) is 20.3 Å². The Kier molecular flexibility index (Phi) is 5.32. The normalized spacial score (nSPS) is 15.9. The van der Waals surface area contributed by atoms with Crippen molar-refractivity contribution in [2.24, 2.45) is 5.92 Å². The molecular formula is C17H23NOS. The van der Waals surface area contributed by atoms with Crippen LogP contribution in [0.5, 0.6) is 0 Å². The third-order valence-corrected chi connectivity index (χ3v) is 5.46. The third-order valence-electron chi connectivity index (χ3n) is 4.02. The zero-order valence-electron chi connectivity index (χ0n) is 12.4. The Bertz CT molecular complexity index is 596. The molecule has 108 valence electrons. The molecule has 0 bridgehead atoms. The molecule has 0 fully saturated rings.